The van der Waals surface area contributed by atoms with Crippen molar-refractivity contribution in [2.45, 2.75) is 20.3 Å². The number of nitrogens with zero attached hydrogens (tertiary/aromatic N) is 2. The standard InChI is InChI=1S/C13H15N3O3/c1-3-11(17)14-13-16-15-12(19-13)9-5-7-10(8-6-9)18-4-2/h5-8H,3-4H2,1-2H3,(H,14,16,17). The number of carbonyl (C=O) groups excluding carboxylic acids is 1. The maximum atomic E-state index is 11.2. The van der Waals surface area contributed by atoms with Crippen molar-refractivity contribution in [3.8, 4) is 17.2 Å². The predicted molar refractivity (Wildman–Crippen MR) is 69.8 cm³/mol. The third-order valence-electron chi connectivity index (χ3n) is 2.40. The molecule has 1 amide bonds. The maximum absolute atomic E-state index is 11.2. The van der Waals surface area contributed by atoms with Gasteiger partial charge in [-0.05, 0) is 31.2 Å². The summed E-state index contributed by atoms with van der Waals surface area (Å²) in [6.07, 6.45) is 0.362. The summed E-state index contributed by atoms with van der Waals surface area (Å²) < 4.78 is 10.7. The van der Waals surface area contributed by atoms with Gasteiger partial charge >= 0.3 is 6.01 Å². The largest absolute Gasteiger partial charge is 0.494 e. The maximum Gasteiger partial charge on any atom is 0.322 e. The van der Waals surface area contributed by atoms with Crippen LogP contribution in [0.25, 0.3) is 11.5 Å². The van der Waals surface area contributed by atoms with Crippen LogP contribution in [-0.4, -0.2) is 22.7 Å². The van der Waals surface area contributed by atoms with Crippen molar-refractivity contribution in [2.24, 2.45) is 0 Å². The number of nitrogens with one attached hydrogen (secondary N) is 1. The molecular formula is C13H15N3O3. The van der Waals surface area contributed by atoms with Crippen molar-refractivity contribution in [3.05, 3.63) is 24.3 Å². The highest BCUT2D eigenvalue weighted by molar-refractivity contribution is 5.88. The van der Waals surface area contributed by atoms with E-state index in [1.807, 2.05) is 31.2 Å². The minimum atomic E-state index is -0.165. The zero-order valence-corrected chi connectivity index (χ0v) is 10.8. The first-order valence-electron chi connectivity index (χ1n) is 6.09. The lowest BCUT2D eigenvalue weighted by Crippen LogP contribution is -2.09. The minimum absolute atomic E-state index is 0.107. The Labute approximate surface area is 110 Å². The average molecular weight is 261 g/mol. The number of ether oxygens (including phenoxy) is 1. The van der Waals surface area contributed by atoms with E-state index >= 15 is 0 Å². The molecule has 2 rings (SSSR count). The molecule has 6 nitrogen and oxygen atoms in total. The Hall–Kier alpha value is -2.37. The molecule has 0 spiro atoms. The number of benzene rings is 1. The summed E-state index contributed by atoms with van der Waals surface area (Å²) in [6, 6.07) is 7.41. The van der Waals surface area contributed by atoms with Crippen molar-refractivity contribution in [3.63, 3.8) is 0 Å². The van der Waals surface area contributed by atoms with Crippen LogP contribution in [0.5, 0.6) is 5.75 Å². The zero-order chi connectivity index (χ0) is 13.7. The molecule has 0 bridgehead atoms. The van der Waals surface area contributed by atoms with E-state index in [9.17, 15) is 4.79 Å². The van der Waals surface area contributed by atoms with Crippen molar-refractivity contribution in [2.75, 3.05) is 11.9 Å². The molecule has 0 saturated heterocycles. The van der Waals surface area contributed by atoms with Crippen molar-refractivity contribution in [1.29, 1.82) is 0 Å². The molecule has 0 aliphatic carbocycles. The summed E-state index contributed by atoms with van der Waals surface area (Å²) in [7, 11) is 0. The highest BCUT2D eigenvalue weighted by Crippen LogP contribution is 2.22. The second-order valence-corrected chi connectivity index (χ2v) is 3.77. The minimum Gasteiger partial charge on any atom is -0.494 e. The molecule has 0 unspecified atom stereocenters. The monoisotopic (exact) mass is 261 g/mol. The van der Waals surface area contributed by atoms with Gasteiger partial charge in [-0.15, -0.1) is 5.10 Å². The van der Waals surface area contributed by atoms with E-state index in [1.54, 1.807) is 6.92 Å². The Bertz CT molecular complexity index is 549. The van der Waals surface area contributed by atoms with E-state index in [2.05, 4.69) is 15.5 Å². The number of amides is 1. The molecule has 1 aromatic heterocycles. The fraction of sp³-hybridized carbons (Fsp3) is 0.308. The molecule has 0 radical (unpaired) electrons. The fourth-order valence-corrected chi connectivity index (χ4v) is 1.46. The summed E-state index contributed by atoms with van der Waals surface area (Å²) in [4.78, 5) is 11.2. The van der Waals surface area contributed by atoms with Crippen molar-refractivity contribution < 1.29 is 13.9 Å². The van der Waals surface area contributed by atoms with Gasteiger partial charge < -0.3 is 9.15 Å². The summed E-state index contributed by atoms with van der Waals surface area (Å²) in [6.45, 7) is 4.29. The molecule has 100 valence electrons. The average Bonchev–Trinajstić information content (AvgIpc) is 2.88. The topological polar surface area (TPSA) is 77.3 Å². The third kappa shape index (κ3) is 3.31. The molecule has 1 aromatic carbocycles. The smallest absolute Gasteiger partial charge is 0.322 e. The summed E-state index contributed by atoms with van der Waals surface area (Å²) >= 11 is 0. The van der Waals surface area contributed by atoms with E-state index < -0.39 is 0 Å². The van der Waals surface area contributed by atoms with Gasteiger partial charge in [-0.2, -0.15) is 0 Å². The lowest BCUT2D eigenvalue weighted by atomic mass is 10.2. The Kier molecular flexibility index (Phi) is 4.12. The van der Waals surface area contributed by atoms with E-state index in [4.69, 9.17) is 9.15 Å². The Balaban J connectivity index is 2.11. The highest BCUT2D eigenvalue weighted by Gasteiger charge is 2.10. The van der Waals surface area contributed by atoms with Crippen LogP contribution in [0, 0.1) is 0 Å². The Morgan fingerprint density at radius 2 is 2.00 bits per heavy atom. The molecule has 1 N–H and O–H groups in total. The van der Waals surface area contributed by atoms with Crippen LogP contribution in [0.2, 0.25) is 0 Å². The molecule has 0 atom stereocenters. The molecule has 0 aliphatic rings. The van der Waals surface area contributed by atoms with E-state index in [0.29, 0.717) is 18.9 Å². The van der Waals surface area contributed by atoms with Crippen LogP contribution in [-0.2, 0) is 4.79 Å². The molecular weight excluding hydrogens is 246 g/mol. The predicted octanol–water partition coefficient (Wildman–Crippen LogP) is 2.48. The summed E-state index contributed by atoms with van der Waals surface area (Å²) in [5, 5.41) is 10.1. The first-order chi connectivity index (χ1) is 9.22. The number of carbonyl (C=O) groups is 1. The molecule has 19 heavy (non-hydrogen) atoms. The molecule has 2 aromatic rings. The number of aromatic nitrogens is 2. The normalized spacial score (nSPS) is 10.2. The molecule has 0 aliphatic heterocycles. The number of anilines is 1. The lowest BCUT2D eigenvalue weighted by molar-refractivity contribution is -0.116. The Morgan fingerprint density at radius 1 is 1.26 bits per heavy atom. The highest BCUT2D eigenvalue weighted by atomic mass is 16.5. The quantitative estimate of drug-likeness (QED) is 0.894. The summed E-state index contributed by atoms with van der Waals surface area (Å²) in [5.74, 6) is 0.974. The first-order valence-corrected chi connectivity index (χ1v) is 6.09. The third-order valence-corrected chi connectivity index (χ3v) is 2.40. The summed E-state index contributed by atoms with van der Waals surface area (Å²) in [5.41, 5.74) is 0.771. The molecule has 0 saturated carbocycles. The van der Waals surface area contributed by atoms with Crippen LogP contribution < -0.4 is 10.1 Å². The van der Waals surface area contributed by atoms with Crippen LogP contribution in [0.3, 0.4) is 0 Å². The second kappa shape index (κ2) is 5.99. The van der Waals surface area contributed by atoms with Crippen LogP contribution in [0.4, 0.5) is 6.01 Å². The number of hydrogen-bond acceptors (Lipinski definition) is 5. The van der Waals surface area contributed by atoms with Gasteiger partial charge in [0.1, 0.15) is 5.75 Å². The first kappa shape index (κ1) is 13.1. The molecule has 0 fully saturated rings. The van der Waals surface area contributed by atoms with Gasteiger partial charge in [-0.3, -0.25) is 10.1 Å². The lowest BCUT2D eigenvalue weighted by Gasteiger charge is -2.02. The SMILES string of the molecule is CCOc1ccc(-c2nnc(NC(=O)CC)o2)cc1. The van der Waals surface area contributed by atoms with Gasteiger partial charge in [-0.1, -0.05) is 12.0 Å². The van der Waals surface area contributed by atoms with Gasteiger partial charge in [0.15, 0.2) is 0 Å². The van der Waals surface area contributed by atoms with Crippen LogP contribution in [0.15, 0.2) is 28.7 Å². The van der Waals surface area contributed by atoms with Gasteiger partial charge in [0.25, 0.3) is 0 Å². The molecule has 6 heteroatoms. The van der Waals surface area contributed by atoms with Gasteiger partial charge in [-0.25, -0.2) is 0 Å². The van der Waals surface area contributed by atoms with E-state index in [0.717, 1.165) is 11.3 Å². The Morgan fingerprint density at radius 3 is 2.63 bits per heavy atom. The zero-order valence-electron chi connectivity index (χ0n) is 10.8. The van der Waals surface area contributed by atoms with Gasteiger partial charge in [0.2, 0.25) is 11.8 Å². The van der Waals surface area contributed by atoms with Crippen molar-refractivity contribution in [1.82, 2.24) is 10.2 Å². The van der Waals surface area contributed by atoms with E-state index in [1.165, 1.54) is 0 Å². The fourth-order valence-electron chi connectivity index (χ4n) is 1.46. The van der Waals surface area contributed by atoms with E-state index in [-0.39, 0.29) is 11.9 Å². The van der Waals surface area contributed by atoms with Gasteiger partial charge in [0.05, 0.1) is 6.61 Å². The van der Waals surface area contributed by atoms with Crippen LogP contribution >= 0.6 is 0 Å². The van der Waals surface area contributed by atoms with Crippen molar-refractivity contribution >= 4 is 11.9 Å². The number of rotatable bonds is 5. The van der Waals surface area contributed by atoms with Crippen LogP contribution in [0.1, 0.15) is 20.3 Å². The second-order valence-electron chi connectivity index (χ2n) is 3.77. The number of hydrogen-bond donors (Lipinski definition) is 1. The molecule has 1 heterocycles. The van der Waals surface area contributed by atoms with Gasteiger partial charge in [0, 0.05) is 12.0 Å².